The first kappa shape index (κ1) is 23.3. The molecule has 3 heterocycles. The number of hydrogen-bond acceptors (Lipinski definition) is 8. The maximum Gasteiger partial charge on any atom is 0.264 e. The highest BCUT2D eigenvalue weighted by Crippen LogP contribution is 2.26. The molecule has 176 valence electrons. The molecule has 4 rings (SSSR count). The van der Waals surface area contributed by atoms with Gasteiger partial charge in [-0.1, -0.05) is 12.1 Å². The Morgan fingerprint density at radius 1 is 1.12 bits per heavy atom. The summed E-state index contributed by atoms with van der Waals surface area (Å²) in [6.07, 6.45) is 3.20. The van der Waals surface area contributed by atoms with Gasteiger partial charge < -0.3 is 14.3 Å². The third-order valence-corrected chi connectivity index (χ3v) is 5.35. The van der Waals surface area contributed by atoms with Crippen molar-refractivity contribution in [3.63, 3.8) is 0 Å². The summed E-state index contributed by atoms with van der Waals surface area (Å²) in [6.45, 7) is 10.5. The fraction of sp³-hybridized carbons (Fsp3) is 0.320. The topological polar surface area (TPSA) is 116 Å². The zero-order chi connectivity index (χ0) is 24.6. The van der Waals surface area contributed by atoms with Crippen molar-refractivity contribution < 1.29 is 14.3 Å². The number of benzene rings is 1. The number of hydrogen-bond donors (Lipinski definition) is 1. The summed E-state index contributed by atoms with van der Waals surface area (Å²) in [6, 6.07) is 7.47. The van der Waals surface area contributed by atoms with E-state index in [4.69, 9.17) is 9.15 Å². The number of aliphatic hydroxyl groups is 1. The number of ether oxygens (including phenoxy) is 1. The first-order valence-corrected chi connectivity index (χ1v) is 10.9. The molecule has 0 aliphatic heterocycles. The van der Waals surface area contributed by atoms with Crippen molar-refractivity contribution in [2.24, 2.45) is 0 Å². The van der Waals surface area contributed by atoms with Crippen LogP contribution in [-0.4, -0.2) is 29.6 Å². The summed E-state index contributed by atoms with van der Waals surface area (Å²) >= 11 is 0. The Bertz CT molecular complexity index is 1420. The zero-order valence-corrected chi connectivity index (χ0v) is 20.1. The van der Waals surface area contributed by atoms with Crippen molar-refractivity contribution in [2.75, 3.05) is 0 Å². The molecule has 34 heavy (non-hydrogen) atoms. The zero-order valence-electron chi connectivity index (χ0n) is 20.1. The molecule has 0 aliphatic carbocycles. The minimum Gasteiger partial charge on any atom is -0.471 e. The summed E-state index contributed by atoms with van der Waals surface area (Å²) in [5, 5.41) is 10.3. The molecule has 0 radical (unpaired) electrons. The molecule has 0 unspecified atom stereocenters. The van der Waals surface area contributed by atoms with E-state index in [1.807, 2.05) is 31.2 Å². The molecular weight excluding hydrogens is 434 g/mol. The first-order valence-electron chi connectivity index (χ1n) is 10.9. The molecule has 0 atom stereocenters. The van der Waals surface area contributed by atoms with Crippen LogP contribution in [0.4, 0.5) is 0 Å². The van der Waals surface area contributed by atoms with Crippen LogP contribution in [0.15, 0.2) is 45.9 Å². The van der Waals surface area contributed by atoms with Gasteiger partial charge in [0, 0.05) is 18.7 Å². The third-order valence-electron chi connectivity index (χ3n) is 5.35. The van der Waals surface area contributed by atoms with Crippen LogP contribution < -0.4 is 10.3 Å². The lowest BCUT2D eigenvalue weighted by atomic mass is 10.0. The molecule has 3 aromatic heterocycles. The lowest BCUT2D eigenvalue weighted by Gasteiger charge is -2.18. The Labute approximate surface area is 197 Å². The van der Waals surface area contributed by atoms with Crippen molar-refractivity contribution in [3.8, 4) is 22.8 Å². The van der Waals surface area contributed by atoms with E-state index in [9.17, 15) is 9.90 Å². The van der Waals surface area contributed by atoms with Crippen LogP contribution in [0.5, 0.6) is 5.88 Å². The SMILES string of the molecule is Cc1nc(COc2nc(C)n(-c3cccc(-c4nc(C(C)(C)O)ncc4C)c3)c(=O)c2C)co1. The first-order chi connectivity index (χ1) is 16.0. The van der Waals surface area contributed by atoms with Crippen molar-refractivity contribution in [1.82, 2.24) is 24.5 Å². The Morgan fingerprint density at radius 2 is 1.88 bits per heavy atom. The van der Waals surface area contributed by atoms with Gasteiger partial charge in [-0.05, 0) is 52.3 Å². The summed E-state index contributed by atoms with van der Waals surface area (Å²) in [5.74, 6) is 1.62. The molecule has 0 amide bonds. The molecule has 0 aliphatic rings. The second kappa shape index (κ2) is 8.83. The fourth-order valence-corrected chi connectivity index (χ4v) is 3.57. The molecule has 0 saturated carbocycles. The van der Waals surface area contributed by atoms with Crippen molar-refractivity contribution in [3.05, 3.63) is 81.4 Å². The number of oxazole rings is 1. The van der Waals surface area contributed by atoms with E-state index in [-0.39, 0.29) is 18.0 Å². The van der Waals surface area contributed by atoms with Gasteiger partial charge in [0.15, 0.2) is 11.7 Å². The number of aromatic nitrogens is 5. The maximum atomic E-state index is 13.3. The van der Waals surface area contributed by atoms with Gasteiger partial charge in [0.2, 0.25) is 5.88 Å². The van der Waals surface area contributed by atoms with Gasteiger partial charge >= 0.3 is 0 Å². The molecule has 0 bridgehead atoms. The standard InChI is InChI=1S/C25H27N5O4/c1-14-11-26-24(25(5,6)32)29-21(14)18-8-7-9-20(10-18)30-16(3)27-22(15(2)23(30)31)34-13-19-12-33-17(4)28-19/h7-12,32H,13H2,1-6H3. The van der Waals surface area contributed by atoms with Crippen LogP contribution in [0, 0.1) is 27.7 Å². The highest BCUT2D eigenvalue weighted by molar-refractivity contribution is 5.65. The Morgan fingerprint density at radius 3 is 2.56 bits per heavy atom. The van der Waals surface area contributed by atoms with Crippen LogP contribution in [0.1, 0.15) is 48.2 Å². The van der Waals surface area contributed by atoms with E-state index in [1.54, 1.807) is 45.4 Å². The molecule has 4 aromatic rings. The Kier molecular flexibility index (Phi) is 6.05. The summed E-state index contributed by atoms with van der Waals surface area (Å²) in [7, 11) is 0. The summed E-state index contributed by atoms with van der Waals surface area (Å²) < 4.78 is 12.5. The molecule has 9 heteroatoms. The fourth-order valence-electron chi connectivity index (χ4n) is 3.57. The predicted octanol–water partition coefficient (Wildman–Crippen LogP) is 3.72. The smallest absolute Gasteiger partial charge is 0.264 e. The summed E-state index contributed by atoms with van der Waals surface area (Å²) in [4.78, 5) is 30.8. The van der Waals surface area contributed by atoms with Crippen LogP contribution in [0.2, 0.25) is 0 Å². The normalized spacial score (nSPS) is 11.6. The average molecular weight is 462 g/mol. The molecule has 1 N–H and O–H groups in total. The Balaban J connectivity index is 1.72. The maximum absolute atomic E-state index is 13.3. The second-order valence-electron chi connectivity index (χ2n) is 8.71. The highest BCUT2D eigenvalue weighted by atomic mass is 16.5. The van der Waals surface area contributed by atoms with Crippen LogP contribution >= 0.6 is 0 Å². The van der Waals surface area contributed by atoms with Gasteiger partial charge in [0.05, 0.1) is 16.9 Å². The van der Waals surface area contributed by atoms with Gasteiger partial charge in [-0.25, -0.2) is 15.0 Å². The van der Waals surface area contributed by atoms with E-state index in [2.05, 4.69) is 19.9 Å². The van der Waals surface area contributed by atoms with Gasteiger partial charge in [-0.15, -0.1) is 0 Å². The van der Waals surface area contributed by atoms with E-state index < -0.39 is 5.60 Å². The average Bonchev–Trinajstić information content (AvgIpc) is 3.20. The van der Waals surface area contributed by atoms with Crippen molar-refractivity contribution >= 4 is 0 Å². The van der Waals surface area contributed by atoms with Crippen LogP contribution in [0.3, 0.4) is 0 Å². The van der Waals surface area contributed by atoms with Gasteiger partial charge in [0.25, 0.3) is 5.56 Å². The number of nitrogens with zero attached hydrogens (tertiary/aromatic N) is 5. The number of rotatable bonds is 6. The van der Waals surface area contributed by atoms with E-state index >= 15 is 0 Å². The monoisotopic (exact) mass is 461 g/mol. The minimum atomic E-state index is -1.17. The predicted molar refractivity (Wildman–Crippen MR) is 126 cm³/mol. The van der Waals surface area contributed by atoms with Crippen LogP contribution in [0.25, 0.3) is 16.9 Å². The van der Waals surface area contributed by atoms with E-state index in [0.717, 1.165) is 11.1 Å². The van der Waals surface area contributed by atoms with E-state index in [1.165, 1.54) is 6.26 Å². The van der Waals surface area contributed by atoms with E-state index in [0.29, 0.717) is 40.2 Å². The lowest BCUT2D eigenvalue weighted by Crippen LogP contribution is -2.25. The van der Waals surface area contributed by atoms with Crippen molar-refractivity contribution in [1.29, 1.82) is 0 Å². The molecule has 0 fully saturated rings. The third kappa shape index (κ3) is 4.60. The van der Waals surface area contributed by atoms with Crippen LogP contribution in [-0.2, 0) is 12.2 Å². The quantitative estimate of drug-likeness (QED) is 0.462. The Hall–Kier alpha value is -3.85. The number of aryl methyl sites for hydroxylation is 3. The van der Waals surface area contributed by atoms with Gasteiger partial charge in [-0.3, -0.25) is 9.36 Å². The summed E-state index contributed by atoms with van der Waals surface area (Å²) in [5.41, 5.74) is 2.60. The molecular formula is C25H27N5O4. The second-order valence-corrected chi connectivity index (χ2v) is 8.71. The van der Waals surface area contributed by atoms with Gasteiger partial charge in [0.1, 0.15) is 30.0 Å². The largest absolute Gasteiger partial charge is 0.471 e. The molecule has 0 saturated heterocycles. The molecule has 9 nitrogen and oxygen atoms in total. The van der Waals surface area contributed by atoms with Gasteiger partial charge in [-0.2, -0.15) is 4.98 Å². The lowest BCUT2D eigenvalue weighted by molar-refractivity contribution is 0.0688. The molecule has 1 aromatic carbocycles. The molecule has 0 spiro atoms. The highest BCUT2D eigenvalue weighted by Gasteiger charge is 2.21. The van der Waals surface area contributed by atoms with Crippen molar-refractivity contribution in [2.45, 2.75) is 53.8 Å². The minimum absolute atomic E-state index is 0.153.